The molecule has 8 nitrogen and oxygen atoms in total. The van der Waals surface area contributed by atoms with Crippen molar-refractivity contribution in [2.75, 3.05) is 61.3 Å². The summed E-state index contributed by atoms with van der Waals surface area (Å²) < 4.78 is 32.3. The first kappa shape index (κ1) is 26.1. The van der Waals surface area contributed by atoms with Crippen LogP contribution in [0.2, 0.25) is 0 Å². The van der Waals surface area contributed by atoms with Gasteiger partial charge in [-0.25, -0.2) is 0 Å². The van der Waals surface area contributed by atoms with E-state index >= 15 is 0 Å². The standard InChI is InChI=1S/C32H35N3O5/c1-36-29-27(23-19-33-25-11-7-5-9-21(23)25)30(37-2)32(39-4)28(31(29)38-3)24-20-35(26-12-8-6-10-22(24)26)14-13-34-15-17-40-18-16-34/h5-12,19-20,33H,13-18H2,1-4H3. The van der Waals surface area contributed by atoms with Crippen LogP contribution < -0.4 is 18.9 Å². The molecule has 6 rings (SSSR count). The first-order chi connectivity index (χ1) is 19.7. The number of aromatic nitrogens is 2. The SMILES string of the molecule is COc1c(OC)c(-c2cn(CCN3CCOCC3)c3ccccc23)c(OC)c(OC)c1-c1c[nH]c2ccccc12. The summed E-state index contributed by atoms with van der Waals surface area (Å²) >= 11 is 0. The van der Waals surface area contributed by atoms with Crippen LogP contribution in [0.4, 0.5) is 0 Å². The van der Waals surface area contributed by atoms with Gasteiger partial charge in [-0.05, 0) is 12.1 Å². The molecule has 1 saturated heterocycles. The van der Waals surface area contributed by atoms with Crippen molar-refractivity contribution in [2.24, 2.45) is 0 Å². The van der Waals surface area contributed by atoms with Crippen LogP contribution in [0.1, 0.15) is 0 Å². The molecule has 0 radical (unpaired) electrons. The molecule has 1 N–H and O–H groups in total. The number of benzene rings is 3. The lowest BCUT2D eigenvalue weighted by Crippen LogP contribution is -2.38. The number of hydrogen-bond acceptors (Lipinski definition) is 6. The van der Waals surface area contributed by atoms with Crippen molar-refractivity contribution in [2.45, 2.75) is 6.54 Å². The van der Waals surface area contributed by atoms with Crippen LogP contribution in [0.3, 0.4) is 0 Å². The Bertz CT molecular complexity index is 1610. The van der Waals surface area contributed by atoms with E-state index in [4.69, 9.17) is 23.7 Å². The Morgan fingerprint density at radius 1 is 0.700 bits per heavy atom. The molecular weight excluding hydrogens is 506 g/mol. The van der Waals surface area contributed by atoms with Crippen LogP contribution in [0.15, 0.2) is 60.9 Å². The van der Waals surface area contributed by atoms with Gasteiger partial charge in [0.05, 0.1) is 52.8 Å². The highest BCUT2D eigenvalue weighted by Gasteiger charge is 2.31. The van der Waals surface area contributed by atoms with E-state index in [1.165, 1.54) is 0 Å². The zero-order valence-electron chi connectivity index (χ0n) is 23.5. The minimum absolute atomic E-state index is 0.588. The summed E-state index contributed by atoms with van der Waals surface area (Å²) in [6, 6.07) is 16.6. The summed E-state index contributed by atoms with van der Waals surface area (Å²) in [5, 5.41) is 2.15. The van der Waals surface area contributed by atoms with Crippen molar-refractivity contribution >= 4 is 21.8 Å². The number of ether oxygens (including phenoxy) is 5. The molecule has 0 saturated carbocycles. The largest absolute Gasteiger partial charge is 0.492 e. The van der Waals surface area contributed by atoms with E-state index in [1.807, 2.05) is 24.4 Å². The minimum atomic E-state index is 0.588. The lowest BCUT2D eigenvalue weighted by atomic mass is 9.94. The van der Waals surface area contributed by atoms with Gasteiger partial charge in [-0.3, -0.25) is 4.90 Å². The fraction of sp³-hybridized carbons (Fsp3) is 0.312. The Balaban J connectivity index is 1.57. The molecule has 8 heteroatoms. The van der Waals surface area contributed by atoms with Crippen molar-refractivity contribution in [1.29, 1.82) is 0 Å². The number of methoxy groups -OCH3 is 4. The predicted octanol–water partition coefficient (Wildman–Crippen LogP) is 5.82. The lowest BCUT2D eigenvalue weighted by molar-refractivity contribution is 0.0365. The molecule has 40 heavy (non-hydrogen) atoms. The third-order valence-corrected chi connectivity index (χ3v) is 7.81. The molecule has 0 amide bonds. The van der Waals surface area contributed by atoms with Crippen LogP contribution in [-0.4, -0.2) is 75.7 Å². The van der Waals surface area contributed by atoms with Gasteiger partial charge in [0.1, 0.15) is 0 Å². The van der Waals surface area contributed by atoms with Crippen LogP contribution in [-0.2, 0) is 11.3 Å². The van der Waals surface area contributed by atoms with Crippen molar-refractivity contribution in [1.82, 2.24) is 14.5 Å². The van der Waals surface area contributed by atoms with Gasteiger partial charge >= 0.3 is 0 Å². The Kier molecular flexibility index (Phi) is 7.28. The van der Waals surface area contributed by atoms with Crippen LogP contribution in [0.5, 0.6) is 23.0 Å². The lowest BCUT2D eigenvalue weighted by Gasteiger charge is -2.26. The Labute approximate surface area is 234 Å². The highest BCUT2D eigenvalue weighted by molar-refractivity contribution is 6.06. The monoisotopic (exact) mass is 541 g/mol. The van der Waals surface area contributed by atoms with E-state index in [9.17, 15) is 0 Å². The fourth-order valence-electron chi connectivity index (χ4n) is 5.91. The van der Waals surface area contributed by atoms with Crippen molar-refractivity contribution in [3.63, 3.8) is 0 Å². The second-order valence-corrected chi connectivity index (χ2v) is 9.84. The van der Waals surface area contributed by atoms with Crippen molar-refractivity contribution in [3.05, 3.63) is 60.9 Å². The first-order valence-electron chi connectivity index (χ1n) is 13.5. The van der Waals surface area contributed by atoms with Gasteiger partial charge in [0.15, 0.2) is 23.0 Å². The predicted molar refractivity (Wildman–Crippen MR) is 158 cm³/mol. The second-order valence-electron chi connectivity index (χ2n) is 9.84. The molecule has 3 heterocycles. The van der Waals surface area contributed by atoms with E-state index in [0.29, 0.717) is 23.0 Å². The Morgan fingerprint density at radius 3 is 1.93 bits per heavy atom. The molecular formula is C32H35N3O5. The number of morpholine rings is 1. The molecule has 0 bridgehead atoms. The van der Waals surface area contributed by atoms with Gasteiger partial charge in [-0.1, -0.05) is 36.4 Å². The molecule has 2 aromatic heterocycles. The maximum atomic E-state index is 6.13. The molecule has 5 aromatic rings. The summed E-state index contributed by atoms with van der Waals surface area (Å²) in [6.07, 6.45) is 4.16. The van der Waals surface area contributed by atoms with Crippen LogP contribution in [0, 0.1) is 0 Å². The Morgan fingerprint density at radius 2 is 1.27 bits per heavy atom. The highest BCUT2D eigenvalue weighted by atomic mass is 16.5. The van der Waals surface area contributed by atoms with Crippen LogP contribution in [0.25, 0.3) is 44.1 Å². The third-order valence-electron chi connectivity index (χ3n) is 7.81. The van der Waals surface area contributed by atoms with Gasteiger partial charge in [0.2, 0.25) is 0 Å². The zero-order valence-corrected chi connectivity index (χ0v) is 23.5. The van der Waals surface area contributed by atoms with E-state index in [0.717, 1.165) is 83.5 Å². The molecule has 0 unspecified atom stereocenters. The number of nitrogens with one attached hydrogen (secondary N) is 1. The van der Waals surface area contributed by atoms with E-state index in [-0.39, 0.29) is 0 Å². The summed E-state index contributed by atoms with van der Waals surface area (Å²) in [5.74, 6) is 2.36. The number of aromatic amines is 1. The molecule has 0 spiro atoms. The average Bonchev–Trinajstić information content (AvgIpc) is 3.60. The average molecular weight is 542 g/mol. The summed E-state index contributed by atoms with van der Waals surface area (Å²) in [6.45, 7) is 5.28. The highest BCUT2D eigenvalue weighted by Crippen LogP contribution is 2.58. The Hall–Kier alpha value is -4.14. The van der Waals surface area contributed by atoms with Gasteiger partial charge in [-0.2, -0.15) is 0 Å². The van der Waals surface area contributed by atoms with Crippen molar-refractivity contribution < 1.29 is 23.7 Å². The van der Waals surface area contributed by atoms with Gasteiger partial charge in [0, 0.05) is 71.5 Å². The molecule has 1 fully saturated rings. The van der Waals surface area contributed by atoms with E-state index in [1.54, 1.807) is 28.4 Å². The van der Waals surface area contributed by atoms with Gasteiger partial charge in [0.25, 0.3) is 0 Å². The van der Waals surface area contributed by atoms with Gasteiger partial charge < -0.3 is 33.2 Å². The molecule has 0 aliphatic carbocycles. The zero-order chi connectivity index (χ0) is 27.6. The van der Waals surface area contributed by atoms with E-state index in [2.05, 4.69) is 51.0 Å². The summed E-state index contributed by atoms with van der Waals surface area (Å²) in [5.41, 5.74) is 5.67. The molecule has 1 aliphatic rings. The maximum absolute atomic E-state index is 6.13. The fourth-order valence-corrected chi connectivity index (χ4v) is 5.91. The smallest absolute Gasteiger partial charge is 0.173 e. The quantitative estimate of drug-likeness (QED) is 0.254. The van der Waals surface area contributed by atoms with Crippen LogP contribution >= 0.6 is 0 Å². The number of fused-ring (bicyclic) bond motifs is 2. The third kappa shape index (κ3) is 4.33. The number of rotatable bonds is 9. The van der Waals surface area contributed by atoms with E-state index < -0.39 is 0 Å². The number of hydrogen-bond donors (Lipinski definition) is 1. The van der Waals surface area contributed by atoms with Gasteiger partial charge in [-0.15, -0.1) is 0 Å². The topological polar surface area (TPSA) is 70.1 Å². The molecule has 3 aromatic carbocycles. The number of H-pyrrole nitrogens is 1. The normalized spacial score (nSPS) is 14.1. The summed E-state index contributed by atoms with van der Waals surface area (Å²) in [7, 11) is 6.67. The second kappa shape index (κ2) is 11.2. The molecule has 208 valence electrons. The summed E-state index contributed by atoms with van der Waals surface area (Å²) in [4.78, 5) is 5.82. The van der Waals surface area contributed by atoms with Crippen molar-refractivity contribution in [3.8, 4) is 45.3 Å². The minimum Gasteiger partial charge on any atom is -0.492 e. The number of para-hydroxylation sites is 2. The molecule has 0 atom stereocenters. The maximum Gasteiger partial charge on any atom is 0.173 e. The molecule has 1 aliphatic heterocycles. The first-order valence-corrected chi connectivity index (χ1v) is 13.5. The number of nitrogens with zero attached hydrogens (tertiary/aromatic N) is 2.